The molecule has 3 rings (SSSR count). The molecule has 168 valence electrons. The van der Waals surface area contributed by atoms with E-state index in [0.717, 1.165) is 43.7 Å². The van der Waals surface area contributed by atoms with Gasteiger partial charge in [0.15, 0.2) is 0 Å². The highest BCUT2D eigenvalue weighted by Crippen LogP contribution is 2.28. The van der Waals surface area contributed by atoms with E-state index in [-0.39, 0.29) is 11.9 Å². The molecule has 0 radical (unpaired) electrons. The minimum Gasteiger partial charge on any atom is -0.488 e. The van der Waals surface area contributed by atoms with Gasteiger partial charge in [-0.3, -0.25) is 4.79 Å². The van der Waals surface area contributed by atoms with Crippen molar-refractivity contribution < 1.29 is 9.53 Å². The monoisotopic (exact) mass is 423 g/mol. The highest BCUT2D eigenvalue weighted by molar-refractivity contribution is 5.97. The van der Waals surface area contributed by atoms with E-state index in [1.165, 1.54) is 5.56 Å². The Bertz CT molecular complexity index is 851. The van der Waals surface area contributed by atoms with Gasteiger partial charge in [0.05, 0.1) is 11.6 Å². The molecule has 0 aromatic heterocycles. The van der Waals surface area contributed by atoms with Crippen molar-refractivity contribution in [2.75, 3.05) is 26.2 Å². The van der Waals surface area contributed by atoms with Gasteiger partial charge in [0.1, 0.15) is 12.4 Å². The average molecular weight is 424 g/mol. The molecule has 5 heteroatoms. The highest BCUT2D eigenvalue weighted by Gasteiger charge is 2.30. The van der Waals surface area contributed by atoms with Gasteiger partial charge in [-0.2, -0.15) is 0 Å². The fourth-order valence-electron chi connectivity index (χ4n) is 4.18. The third kappa shape index (κ3) is 6.08. The summed E-state index contributed by atoms with van der Waals surface area (Å²) >= 11 is 0. The summed E-state index contributed by atoms with van der Waals surface area (Å²) in [5.41, 5.74) is 4.04. The largest absolute Gasteiger partial charge is 0.488 e. The van der Waals surface area contributed by atoms with Crippen molar-refractivity contribution >= 4 is 5.91 Å². The fourth-order valence-corrected chi connectivity index (χ4v) is 4.18. The van der Waals surface area contributed by atoms with E-state index in [4.69, 9.17) is 4.74 Å². The van der Waals surface area contributed by atoms with Crippen molar-refractivity contribution in [3.05, 3.63) is 64.7 Å². The number of hydrazine groups is 1. The molecule has 2 aromatic rings. The maximum Gasteiger partial charge on any atom is 0.255 e. The van der Waals surface area contributed by atoms with E-state index < -0.39 is 0 Å². The van der Waals surface area contributed by atoms with Crippen LogP contribution >= 0.6 is 0 Å². The van der Waals surface area contributed by atoms with Crippen LogP contribution in [0, 0.1) is 12.8 Å². The lowest BCUT2D eigenvalue weighted by Crippen LogP contribution is -2.38. The van der Waals surface area contributed by atoms with E-state index in [2.05, 4.69) is 80.3 Å². The number of carbonyl (C=O) groups is 1. The predicted octanol–water partition coefficient (Wildman–Crippen LogP) is 4.44. The van der Waals surface area contributed by atoms with Crippen LogP contribution in [0.25, 0.3) is 0 Å². The Kier molecular flexibility index (Phi) is 8.10. The van der Waals surface area contributed by atoms with Crippen molar-refractivity contribution in [3.8, 4) is 5.75 Å². The molecule has 1 aliphatic rings. The van der Waals surface area contributed by atoms with E-state index in [1.807, 2.05) is 12.1 Å². The number of ether oxygens (including phenoxy) is 1. The molecule has 0 spiro atoms. The van der Waals surface area contributed by atoms with Crippen LogP contribution in [0.1, 0.15) is 54.7 Å². The molecule has 1 aliphatic heterocycles. The maximum absolute atomic E-state index is 13.3. The molecule has 0 unspecified atom stereocenters. The van der Waals surface area contributed by atoms with E-state index in [9.17, 15) is 4.79 Å². The van der Waals surface area contributed by atoms with Crippen molar-refractivity contribution in [2.24, 2.45) is 5.92 Å². The number of hydrogen-bond acceptors (Lipinski definition) is 4. The molecule has 1 amide bonds. The molecule has 1 heterocycles. The lowest BCUT2D eigenvalue weighted by molar-refractivity contribution is 0.0388. The average Bonchev–Trinajstić information content (AvgIpc) is 3.15. The summed E-state index contributed by atoms with van der Waals surface area (Å²) in [6, 6.07) is 14.4. The molecular formula is C26H37N3O2. The van der Waals surface area contributed by atoms with E-state index in [1.54, 1.807) is 0 Å². The fraction of sp³-hybridized carbons (Fsp3) is 0.500. The van der Waals surface area contributed by atoms with Crippen LogP contribution in [0.5, 0.6) is 5.75 Å². The Morgan fingerprint density at radius 1 is 1.06 bits per heavy atom. The molecule has 1 saturated heterocycles. The van der Waals surface area contributed by atoms with Crippen molar-refractivity contribution in [1.82, 2.24) is 15.3 Å². The minimum atomic E-state index is -0.0523. The smallest absolute Gasteiger partial charge is 0.255 e. The summed E-state index contributed by atoms with van der Waals surface area (Å²) in [6.45, 7) is 14.8. The number of amides is 1. The second kappa shape index (κ2) is 10.8. The minimum absolute atomic E-state index is 0.0523. The zero-order chi connectivity index (χ0) is 22.4. The number of nitrogens with one attached hydrogen (secondary N) is 1. The number of carbonyl (C=O) groups excluding carboxylic acids is 1. The lowest BCUT2D eigenvalue weighted by Gasteiger charge is -2.24. The van der Waals surface area contributed by atoms with E-state index in [0.29, 0.717) is 23.8 Å². The third-order valence-corrected chi connectivity index (χ3v) is 5.80. The standard InChI is InChI=1S/C26H37N3O2/c1-6-28-16-23(17-29(28)7-2)27-26(30)24-10-8-9-22(15-19(3)4)25(24)31-18-21-13-11-20(5)12-14-21/h8-14,19,23H,6-7,15-18H2,1-5H3,(H,27,30). The first-order valence-electron chi connectivity index (χ1n) is 11.5. The van der Waals surface area contributed by atoms with E-state index >= 15 is 0 Å². The number of rotatable bonds is 9. The molecule has 0 saturated carbocycles. The summed E-state index contributed by atoms with van der Waals surface area (Å²) in [5, 5.41) is 7.85. The first-order valence-corrected chi connectivity index (χ1v) is 11.5. The lowest BCUT2D eigenvalue weighted by atomic mass is 9.99. The Morgan fingerprint density at radius 3 is 2.29 bits per heavy atom. The summed E-state index contributed by atoms with van der Waals surface area (Å²) < 4.78 is 6.28. The third-order valence-electron chi connectivity index (χ3n) is 5.80. The summed E-state index contributed by atoms with van der Waals surface area (Å²) in [4.78, 5) is 13.3. The topological polar surface area (TPSA) is 44.8 Å². The van der Waals surface area contributed by atoms with Crippen molar-refractivity contribution in [2.45, 2.75) is 53.7 Å². The summed E-state index contributed by atoms with van der Waals surface area (Å²) in [7, 11) is 0. The van der Waals surface area contributed by atoms with Crippen LogP contribution in [0.2, 0.25) is 0 Å². The van der Waals surface area contributed by atoms with Gasteiger partial charge in [0.25, 0.3) is 5.91 Å². The highest BCUT2D eigenvalue weighted by atomic mass is 16.5. The van der Waals surface area contributed by atoms with Crippen molar-refractivity contribution in [3.63, 3.8) is 0 Å². The molecule has 31 heavy (non-hydrogen) atoms. The Morgan fingerprint density at radius 2 is 1.71 bits per heavy atom. The zero-order valence-corrected chi connectivity index (χ0v) is 19.6. The number of para-hydroxylation sites is 1. The molecule has 0 aliphatic carbocycles. The number of benzene rings is 2. The molecular weight excluding hydrogens is 386 g/mol. The summed E-state index contributed by atoms with van der Waals surface area (Å²) in [6.07, 6.45) is 0.876. The van der Waals surface area contributed by atoms with Crippen LogP contribution < -0.4 is 10.1 Å². The second-order valence-corrected chi connectivity index (χ2v) is 8.85. The zero-order valence-electron chi connectivity index (χ0n) is 19.6. The number of hydrogen-bond donors (Lipinski definition) is 1. The first-order chi connectivity index (χ1) is 14.9. The molecule has 0 bridgehead atoms. The maximum atomic E-state index is 13.3. The van der Waals surface area contributed by atoms with Gasteiger partial charge in [-0.1, -0.05) is 69.7 Å². The predicted molar refractivity (Wildman–Crippen MR) is 126 cm³/mol. The Balaban J connectivity index is 1.79. The first kappa shape index (κ1) is 23.3. The van der Waals surface area contributed by atoms with Gasteiger partial charge in [-0.15, -0.1) is 0 Å². The number of nitrogens with zero attached hydrogens (tertiary/aromatic N) is 2. The molecule has 1 N–H and O–H groups in total. The van der Waals surface area contributed by atoms with Gasteiger partial charge >= 0.3 is 0 Å². The molecule has 2 aromatic carbocycles. The van der Waals surface area contributed by atoms with Crippen LogP contribution in [-0.2, 0) is 13.0 Å². The SMILES string of the molecule is CCN1CC(NC(=O)c2cccc(CC(C)C)c2OCc2ccc(C)cc2)CN1CC. The van der Waals surface area contributed by atoms with Crippen LogP contribution in [0.15, 0.2) is 42.5 Å². The van der Waals surface area contributed by atoms with Gasteiger partial charge in [-0.25, -0.2) is 10.0 Å². The Labute approximate surface area is 187 Å². The normalized spacial score (nSPS) is 15.5. The molecule has 1 fully saturated rings. The molecule has 5 nitrogen and oxygen atoms in total. The van der Waals surface area contributed by atoms with Gasteiger partial charge in [0.2, 0.25) is 0 Å². The van der Waals surface area contributed by atoms with Gasteiger partial charge < -0.3 is 10.1 Å². The van der Waals surface area contributed by atoms with Crippen LogP contribution in [0.4, 0.5) is 0 Å². The number of aryl methyl sites for hydroxylation is 1. The quantitative estimate of drug-likeness (QED) is 0.648. The van der Waals surface area contributed by atoms with Crippen LogP contribution in [-0.4, -0.2) is 48.1 Å². The Hall–Kier alpha value is -2.37. The van der Waals surface area contributed by atoms with Crippen molar-refractivity contribution in [1.29, 1.82) is 0 Å². The number of likely N-dealkylation sites (N-methyl/N-ethyl adjacent to an activating group) is 2. The molecule has 0 atom stereocenters. The van der Waals surface area contributed by atoms with Gasteiger partial charge in [0, 0.05) is 26.2 Å². The second-order valence-electron chi connectivity index (χ2n) is 8.85. The van der Waals surface area contributed by atoms with Gasteiger partial charge in [-0.05, 0) is 36.5 Å². The van der Waals surface area contributed by atoms with Crippen LogP contribution in [0.3, 0.4) is 0 Å². The summed E-state index contributed by atoms with van der Waals surface area (Å²) in [5.74, 6) is 1.14.